The maximum atomic E-state index is 13.2. The van der Waals surface area contributed by atoms with Gasteiger partial charge in [0.15, 0.2) is 0 Å². The van der Waals surface area contributed by atoms with Crippen LogP contribution < -0.4 is 0 Å². The molecule has 0 aliphatic carbocycles. The van der Waals surface area contributed by atoms with Crippen LogP contribution in [-0.2, 0) is 13.1 Å². The third kappa shape index (κ3) is 3.52. The summed E-state index contributed by atoms with van der Waals surface area (Å²) < 4.78 is 1.03. The average Bonchev–Trinajstić information content (AvgIpc) is 3.29. The molecule has 0 spiro atoms. The van der Waals surface area contributed by atoms with Crippen LogP contribution in [0, 0.1) is 6.92 Å². The van der Waals surface area contributed by atoms with Crippen molar-refractivity contribution in [2.24, 2.45) is 0 Å². The van der Waals surface area contributed by atoms with E-state index in [0.717, 1.165) is 26.4 Å². The maximum Gasteiger partial charge on any atom is 0.254 e. The van der Waals surface area contributed by atoms with Gasteiger partial charge in [0, 0.05) is 17.0 Å². The molecule has 0 unspecified atom stereocenters. The number of carbonyl (C=O) groups excluding carboxylic acids is 1. The van der Waals surface area contributed by atoms with E-state index in [4.69, 9.17) is 0 Å². The number of aromatic nitrogens is 2. The second-order valence-corrected chi connectivity index (χ2v) is 7.87. The molecule has 0 bridgehead atoms. The van der Waals surface area contributed by atoms with Crippen LogP contribution in [0.1, 0.15) is 26.5 Å². The molecule has 0 aliphatic heterocycles. The average molecular weight is 380 g/mol. The number of benzene rings is 2. The molecular formula is C20H17N3OS2. The predicted octanol–water partition coefficient (Wildman–Crippen LogP) is 4.90. The van der Waals surface area contributed by atoms with E-state index < -0.39 is 0 Å². The van der Waals surface area contributed by atoms with Crippen LogP contribution in [-0.4, -0.2) is 20.8 Å². The number of thiazole rings is 2. The van der Waals surface area contributed by atoms with Crippen LogP contribution >= 0.6 is 22.7 Å². The molecule has 4 aromatic rings. The molecule has 26 heavy (non-hydrogen) atoms. The summed E-state index contributed by atoms with van der Waals surface area (Å²) in [4.78, 5) is 24.9. The Morgan fingerprint density at radius 2 is 1.81 bits per heavy atom. The van der Waals surface area contributed by atoms with Gasteiger partial charge in [0.25, 0.3) is 5.91 Å². The van der Waals surface area contributed by atoms with Crippen molar-refractivity contribution in [3.63, 3.8) is 0 Å². The number of aryl methyl sites for hydroxylation is 1. The highest BCUT2D eigenvalue weighted by Crippen LogP contribution is 2.23. The number of fused-ring (bicyclic) bond motifs is 1. The van der Waals surface area contributed by atoms with Crippen molar-refractivity contribution in [1.29, 1.82) is 0 Å². The Morgan fingerprint density at radius 3 is 2.58 bits per heavy atom. The molecule has 2 heterocycles. The topological polar surface area (TPSA) is 46.1 Å². The number of amides is 1. The fourth-order valence-electron chi connectivity index (χ4n) is 2.83. The van der Waals surface area contributed by atoms with Gasteiger partial charge in [-0.2, -0.15) is 0 Å². The lowest BCUT2D eigenvalue weighted by Gasteiger charge is -2.23. The van der Waals surface area contributed by atoms with Crippen molar-refractivity contribution >= 4 is 38.8 Å². The Hall–Kier alpha value is -2.57. The van der Waals surface area contributed by atoms with Crippen molar-refractivity contribution in [2.75, 3.05) is 0 Å². The molecule has 4 nitrogen and oxygen atoms in total. The van der Waals surface area contributed by atoms with Crippen LogP contribution in [0.25, 0.3) is 10.2 Å². The zero-order valence-electron chi connectivity index (χ0n) is 14.3. The molecule has 0 saturated heterocycles. The standard InChI is InChI=1S/C20H17N3OS2/c1-14-19(26-12-21-14)11-23(10-15-5-3-2-4-6-15)20(24)16-7-8-17-18(9-16)25-13-22-17/h2-9,12-13H,10-11H2,1H3. The second-order valence-electron chi connectivity index (χ2n) is 6.04. The van der Waals surface area contributed by atoms with E-state index in [9.17, 15) is 4.79 Å². The van der Waals surface area contributed by atoms with Crippen LogP contribution in [0.5, 0.6) is 0 Å². The van der Waals surface area contributed by atoms with E-state index in [0.29, 0.717) is 18.7 Å². The SMILES string of the molecule is Cc1ncsc1CN(Cc1ccccc1)C(=O)c1ccc2ncsc2c1. The monoisotopic (exact) mass is 379 g/mol. The molecule has 0 aliphatic rings. The molecule has 2 aromatic carbocycles. The smallest absolute Gasteiger partial charge is 0.254 e. The van der Waals surface area contributed by atoms with E-state index in [2.05, 4.69) is 9.97 Å². The third-order valence-electron chi connectivity index (χ3n) is 4.26. The lowest BCUT2D eigenvalue weighted by Crippen LogP contribution is -2.30. The second kappa shape index (κ2) is 7.35. The minimum absolute atomic E-state index is 0.0250. The molecule has 4 rings (SSSR count). The fraction of sp³-hybridized carbons (Fsp3) is 0.150. The normalized spacial score (nSPS) is 11.0. The largest absolute Gasteiger partial charge is 0.329 e. The summed E-state index contributed by atoms with van der Waals surface area (Å²) in [5, 5.41) is 0. The number of rotatable bonds is 5. The number of hydrogen-bond donors (Lipinski definition) is 0. The number of hydrogen-bond acceptors (Lipinski definition) is 5. The summed E-state index contributed by atoms with van der Waals surface area (Å²) >= 11 is 3.14. The number of carbonyl (C=O) groups is 1. The van der Waals surface area contributed by atoms with Gasteiger partial charge >= 0.3 is 0 Å². The first-order valence-corrected chi connectivity index (χ1v) is 10.0. The lowest BCUT2D eigenvalue weighted by molar-refractivity contribution is 0.0731. The summed E-state index contributed by atoms with van der Waals surface area (Å²) in [5.41, 5.74) is 7.36. The molecule has 0 saturated carbocycles. The Kier molecular flexibility index (Phi) is 4.77. The number of nitrogens with zero attached hydrogens (tertiary/aromatic N) is 3. The van der Waals surface area contributed by atoms with Crippen LogP contribution in [0.15, 0.2) is 59.6 Å². The lowest BCUT2D eigenvalue weighted by atomic mass is 10.1. The molecule has 0 radical (unpaired) electrons. The Bertz CT molecular complexity index is 1040. The minimum atomic E-state index is 0.0250. The summed E-state index contributed by atoms with van der Waals surface area (Å²) in [5.74, 6) is 0.0250. The Labute approximate surface area is 159 Å². The summed E-state index contributed by atoms with van der Waals surface area (Å²) in [6.07, 6.45) is 0. The first-order chi connectivity index (χ1) is 12.7. The third-order valence-corrected chi connectivity index (χ3v) is 5.97. The van der Waals surface area contributed by atoms with Gasteiger partial charge in [-0.05, 0) is 30.7 Å². The van der Waals surface area contributed by atoms with Gasteiger partial charge in [-0.15, -0.1) is 22.7 Å². The van der Waals surface area contributed by atoms with E-state index in [1.54, 1.807) is 28.2 Å². The molecule has 0 N–H and O–H groups in total. The van der Waals surface area contributed by atoms with Crippen LogP contribution in [0.4, 0.5) is 0 Å². The molecule has 130 valence electrons. The molecular weight excluding hydrogens is 362 g/mol. The Morgan fingerprint density at radius 1 is 1.00 bits per heavy atom. The van der Waals surface area contributed by atoms with Crippen molar-refractivity contribution in [3.05, 3.63) is 81.2 Å². The zero-order valence-corrected chi connectivity index (χ0v) is 15.9. The van der Waals surface area contributed by atoms with Crippen molar-refractivity contribution in [3.8, 4) is 0 Å². The first kappa shape index (κ1) is 16.9. The van der Waals surface area contributed by atoms with E-state index in [-0.39, 0.29) is 5.91 Å². The first-order valence-electron chi connectivity index (χ1n) is 8.26. The highest BCUT2D eigenvalue weighted by atomic mass is 32.1. The van der Waals surface area contributed by atoms with Gasteiger partial charge < -0.3 is 4.90 Å². The van der Waals surface area contributed by atoms with Gasteiger partial charge in [0.05, 0.1) is 33.5 Å². The van der Waals surface area contributed by atoms with Crippen LogP contribution in [0.3, 0.4) is 0 Å². The molecule has 1 amide bonds. The van der Waals surface area contributed by atoms with E-state index in [1.165, 1.54) is 0 Å². The highest BCUT2D eigenvalue weighted by Gasteiger charge is 2.19. The maximum absolute atomic E-state index is 13.2. The van der Waals surface area contributed by atoms with Crippen molar-refractivity contribution in [2.45, 2.75) is 20.0 Å². The van der Waals surface area contributed by atoms with E-state index in [1.807, 2.05) is 65.9 Å². The van der Waals surface area contributed by atoms with Gasteiger partial charge in [0.2, 0.25) is 0 Å². The minimum Gasteiger partial charge on any atom is -0.329 e. The van der Waals surface area contributed by atoms with Crippen LogP contribution in [0.2, 0.25) is 0 Å². The summed E-state index contributed by atoms with van der Waals surface area (Å²) in [6, 6.07) is 15.8. The quantitative estimate of drug-likeness (QED) is 0.495. The molecule has 6 heteroatoms. The van der Waals surface area contributed by atoms with Gasteiger partial charge in [-0.1, -0.05) is 30.3 Å². The van der Waals surface area contributed by atoms with Crippen molar-refractivity contribution < 1.29 is 4.79 Å². The van der Waals surface area contributed by atoms with Gasteiger partial charge in [0.1, 0.15) is 0 Å². The van der Waals surface area contributed by atoms with Gasteiger partial charge in [-0.3, -0.25) is 4.79 Å². The Balaban J connectivity index is 1.66. The van der Waals surface area contributed by atoms with Crippen molar-refractivity contribution in [1.82, 2.24) is 14.9 Å². The summed E-state index contributed by atoms with van der Waals surface area (Å²) in [7, 11) is 0. The fourth-order valence-corrected chi connectivity index (χ4v) is 4.33. The molecule has 2 aromatic heterocycles. The predicted molar refractivity (Wildman–Crippen MR) is 106 cm³/mol. The molecule has 0 atom stereocenters. The zero-order chi connectivity index (χ0) is 17.9. The molecule has 0 fully saturated rings. The highest BCUT2D eigenvalue weighted by molar-refractivity contribution is 7.16. The van der Waals surface area contributed by atoms with E-state index >= 15 is 0 Å². The van der Waals surface area contributed by atoms with Gasteiger partial charge in [-0.25, -0.2) is 9.97 Å². The summed E-state index contributed by atoms with van der Waals surface area (Å²) in [6.45, 7) is 3.11.